The van der Waals surface area contributed by atoms with E-state index >= 15 is 0 Å². The molecule has 3 N–H and O–H groups in total. The zero-order valence-electron chi connectivity index (χ0n) is 15.7. The number of benzene rings is 2. The van der Waals surface area contributed by atoms with Gasteiger partial charge in [0.15, 0.2) is 11.7 Å². The van der Waals surface area contributed by atoms with Crippen LogP contribution >= 0.6 is 12.2 Å². The summed E-state index contributed by atoms with van der Waals surface area (Å²) < 4.78 is 5.49. The van der Waals surface area contributed by atoms with Crippen LogP contribution in [0.2, 0.25) is 0 Å². The van der Waals surface area contributed by atoms with E-state index in [1.807, 2.05) is 68.7 Å². The third-order valence-electron chi connectivity index (χ3n) is 3.71. The molecule has 2 aromatic rings. The monoisotopic (exact) mass is 386 g/mol. The lowest BCUT2D eigenvalue weighted by Crippen LogP contribution is -2.48. The molecule has 2 aromatic carbocycles. The third kappa shape index (κ3) is 8.06. The first kappa shape index (κ1) is 20.7. The molecule has 2 rings (SSSR count). The summed E-state index contributed by atoms with van der Waals surface area (Å²) in [6.45, 7) is 1.62. The first-order valence-corrected chi connectivity index (χ1v) is 9.21. The number of nitrogens with one attached hydrogen (secondary N) is 3. The van der Waals surface area contributed by atoms with E-state index in [9.17, 15) is 4.79 Å². The van der Waals surface area contributed by atoms with Crippen molar-refractivity contribution in [3.8, 4) is 16.9 Å². The van der Waals surface area contributed by atoms with Crippen molar-refractivity contribution in [2.24, 2.45) is 0 Å². The average Bonchev–Trinajstić information content (AvgIpc) is 2.69. The highest BCUT2D eigenvalue weighted by molar-refractivity contribution is 7.80. The van der Waals surface area contributed by atoms with Gasteiger partial charge in [0.2, 0.25) is 0 Å². The molecule has 0 radical (unpaired) electrons. The van der Waals surface area contributed by atoms with E-state index in [-0.39, 0.29) is 12.5 Å². The van der Waals surface area contributed by atoms with Crippen LogP contribution in [0.15, 0.2) is 54.6 Å². The number of rotatable bonds is 8. The molecule has 0 atom stereocenters. The van der Waals surface area contributed by atoms with Gasteiger partial charge >= 0.3 is 0 Å². The van der Waals surface area contributed by atoms with E-state index in [0.717, 1.165) is 30.6 Å². The van der Waals surface area contributed by atoms with Gasteiger partial charge in [0, 0.05) is 6.54 Å². The standard InChI is InChI=1S/C20H26N4O2S/c1-24(2)14-6-13-21-20(27)23-22-19(25)15-26-18-11-9-17(10-12-18)16-7-4-3-5-8-16/h3-5,7-12H,6,13-15H2,1-2H3,(H,22,25)(H2,21,23,27). The Kier molecular flexibility index (Phi) is 8.54. The number of hydrogen-bond donors (Lipinski definition) is 3. The highest BCUT2D eigenvalue weighted by Gasteiger charge is 2.04. The van der Waals surface area contributed by atoms with Gasteiger partial charge in [-0.25, -0.2) is 0 Å². The number of nitrogens with zero attached hydrogens (tertiary/aromatic N) is 1. The number of carbonyl (C=O) groups is 1. The largest absolute Gasteiger partial charge is 0.484 e. The highest BCUT2D eigenvalue weighted by atomic mass is 32.1. The van der Waals surface area contributed by atoms with Crippen molar-refractivity contribution < 1.29 is 9.53 Å². The average molecular weight is 387 g/mol. The molecule has 27 heavy (non-hydrogen) atoms. The molecule has 144 valence electrons. The minimum absolute atomic E-state index is 0.0963. The second kappa shape index (κ2) is 11.2. The van der Waals surface area contributed by atoms with Crippen LogP contribution in [0, 0.1) is 0 Å². The predicted molar refractivity (Wildman–Crippen MR) is 112 cm³/mol. The SMILES string of the molecule is CN(C)CCCNC(=S)NNC(=O)COc1ccc(-c2ccccc2)cc1. The van der Waals surface area contributed by atoms with E-state index in [2.05, 4.69) is 21.1 Å². The lowest BCUT2D eigenvalue weighted by atomic mass is 10.1. The Labute approximate surface area is 165 Å². The molecule has 0 fully saturated rings. The molecular weight excluding hydrogens is 360 g/mol. The summed E-state index contributed by atoms with van der Waals surface area (Å²) >= 11 is 5.10. The summed E-state index contributed by atoms with van der Waals surface area (Å²) in [5.74, 6) is 0.328. The maximum Gasteiger partial charge on any atom is 0.276 e. The topological polar surface area (TPSA) is 65.6 Å². The van der Waals surface area contributed by atoms with E-state index in [1.165, 1.54) is 0 Å². The molecule has 0 aromatic heterocycles. The van der Waals surface area contributed by atoms with Gasteiger partial charge < -0.3 is 15.0 Å². The molecular formula is C20H26N4O2S. The smallest absolute Gasteiger partial charge is 0.276 e. The minimum atomic E-state index is -0.306. The summed E-state index contributed by atoms with van der Waals surface area (Å²) in [5, 5.41) is 3.41. The maximum atomic E-state index is 11.8. The Hall–Kier alpha value is -2.64. The van der Waals surface area contributed by atoms with Crippen LogP contribution in [0.5, 0.6) is 5.75 Å². The maximum absolute atomic E-state index is 11.8. The van der Waals surface area contributed by atoms with Crippen LogP contribution in [-0.2, 0) is 4.79 Å². The number of hydrazine groups is 1. The Morgan fingerprint density at radius 3 is 2.33 bits per heavy atom. The van der Waals surface area contributed by atoms with Gasteiger partial charge in [0.25, 0.3) is 5.91 Å². The molecule has 0 bridgehead atoms. The number of ether oxygens (including phenoxy) is 1. The molecule has 0 heterocycles. The van der Waals surface area contributed by atoms with Gasteiger partial charge in [-0.2, -0.15) is 0 Å². The summed E-state index contributed by atoms with van der Waals surface area (Å²) in [5.41, 5.74) is 7.41. The van der Waals surface area contributed by atoms with Crippen LogP contribution in [0.3, 0.4) is 0 Å². The van der Waals surface area contributed by atoms with Gasteiger partial charge in [0.1, 0.15) is 5.75 Å². The molecule has 1 amide bonds. The molecule has 6 nitrogen and oxygen atoms in total. The van der Waals surface area contributed by atoms with Crippen LogP contribution < -0.4 is 20.9 Å². The lowest BCUT2D eigenvalue weighted by molar-refractivity contribution is -0.123. The number of hydrogen-bond acceptors (Lipinski definition) is 4. The normalized spacial score (nSPS) is 10.3. The molecule has 0 spiro atoms. The Bertz CT molecular complexity index is 721. The van der Waals surface area contributed by atoms with E-state index in [0.29, 0.717) is 10.9 Å². The Morgan fingerprint density at radius 2 is 1.67 bits per heavy atom. The summed E-state index contributed by atoms with van der Waals surface area (Å²) in [4.78, 5) is 13.9. The number of amides is 1. The Balaban J connectivity index is 1.66. The van der Waals surface area contributed by atoms with Crippen molar-refractivity contribution in [1.29, 1.82) is 0 Å². The van der Waals surface area contributed by atoms with E-state index in [1.54, 1.807) is 0 Å². The van der Waals surface area contributed by atoms with Crippen LogP contribution in [0.25, 0.3) is 11.1 Å². The van der Waals surface area contributed by atoms with Crippen molar-refractivity contribution >= 4 is 23.2 Å². The van der Waals surface area contributed by atoms with Gasteiger partial charge in [-0.05, 0) is 62.5 Å². The highest BCUT2D eigenvalue weighted by Crippen LogP contribution is 2.21. The van der Waals surface area contributed by atoms with E-state index < -0.39 is 0 Å². The minimum Gasteiger partial charge on any atom is -0.484 e. The molecule has 0 aliphatic rings. The second-order valence-corrected chi connectivity index (χ2v) is 6.67. The fourth-order valence-corrected chi connectivity index (χ4v) is 2.48. The van der Waals surface area contributed by atoms with E-state index in [4.69, 9.17) is 17.0 Å². The third-order valence-corrected chi connectivity index (χ3v) is 3.96. The van der Waals surface area contributed by atoms with Crippen LogP contribution in [-0.4, -0.2) is 49.7 Å². The van der Waals surface area contributed by atoms with Crippen molar-refractivity contribution in [2.75, 3.05) is 33.8 Å². The van der Waals surface area contributed by atoms with Crippen molar-refractivity contribution in [2.45, 2.75) is 6.42 Å². The number of carbonyl (C=O) groups excluding carboxylic acids is 1. The summed E-state index contributed by atoms with van der Waals surface area (Å²) in [6.07, 6.45) is 0.963. The molecule has 7 heteroatoms. The lowest BCUT2D eigenvalue weighted by Gasteiger charge is -2.13. The predicted octanol–water partition coefficient (Wildman–Crippen LogP) is 2.18. The molecule has 0 aliphatic carbocycles. The van der Waals surface area contributed by atoms with Gasteiger partial charge in [-0.15, -0.1) is 0 Å². The fraction of sp³-hybridized carbons (Fsp3) is 0.300. The fourth-order valence-electron chi connectivity index (χ4n) is 2.33. The van der Waals surface area contributed by atoms with Gasteiger partial charge in [0.05, 0.1) is 0 Å². The first-order valence-electron chi connectivity index (χ1n) is 8.80. The van der Waals surface area contributed by atoms with Crippen molar-refractivity contribution in [3.63, 3.8) is 0 Å². The summed E-state index contributed by atoms with van der Waals surface area (Å²) in [7, 11) is 4.04. The summed E-state index contributed by atoms with van der Waals surface area (Å²) in [6, 6.07) is 17.7. The van der Waals surface area contributed by atoms with Crippen LogP contribution in [0.1, 0.15) is 6.42 Å². The first-order chi connectivity index (χ1) is 13.0. The molecule has 0 saturated heterocycles. The second-order valence-electron chi connectivity index (χ2n) is 6.26. The molecule has 0 aliphatic heterocycles. The molecule has 0 unspecified atom stereocenters. The quantitative estimate of drug-likeness (QED) is 0.367. The number of thiocarbonyl (C=S) groups is 1. The van der Waals surface area contributed by atoms with Crippen molar-refractivity contribution in [3.05, 3.63) is 54.6 Å². The molecule has 0 saturated carbocycles. The van der Waals surface area contributed by atoms with Crippen LogP contribution in [0.4, 0.5) is 0 Å². The Morgan fingerprint density at radius 1 is 1.00 bits per heavy atom. The zero-order chi connectivity index (χ0) is 19.5. The van der Waals surface area contributed by atoms with Gasteiger partial charge in [-0.1, -0.05) is 42.5 Å². The van der Waals surface area contributed by atoms with Gasteiger partial charge in [-0.3, -0.25) is 15.6 Å². The zero-order valence-corrected chi connectivity index (χ0v) is 16.5. The van der Waals surface area contributed by atoms with Crippen molar-refractivity contribution in [1.82, 2.24) is 21.1 Å².